The molecule has 96 valence electrons. The van der Waals surface area contributed by atoms with E-state index in [-0.39, 0.29) is 0 Å². The van der Waals surface area contributed by atoms with Gasteiger partial charge >= 0.3 is 0 Å². The Morgan fingerprint density at radius 1 is 1.44 bits per heavy atom. The maximum atomic E-state index is 9.06. The van der Waals surface area contributed by atoms with Gasteiger partial charge in [0.15, 0.2) is 0 Å². The molecule has 0 radical (unpaired) electrons. The van der Waals surface area contributed by atoms with Crippen molar-refractivity contribution in [3.63, 3.8) is 0 Å². The summed E-state index contributed by atoms with van der Waals surface area (Å²) in [6.45, 7) is 8.95. The highest BCUT2D eigenvalue weighted by Crippen LogP contribution is 2.23. The first-order chi connectivity index (χ1) is 8.60. The molecule has 1 aromatic rings. The highest BCUT2D eigenvalue weighted by molar-refractivity contribution is 5.39. The molecule has 0 saturated carbocycles. The zero-order valence-corrected chi connectivity index (χ0v) is 11.6. The van der Waals surface area contributed by atoms with Crippen molar-refractivity contribution in [2.24, 2.45) is 5.92 Å². The second-order valence-corrected chi connectivity index (χ2v) is 5.71. The van der Waals surface area contributed by atoms with Crippen LogP contribution in [0, 0.1) is 24.2 Å². The third-order valence-electron chi connectivity index (χ3n) is 3.99. The predicted octanol–water partition coefficient (Wildman–Crippen LogP) is 3.14. The molecular weight excluding hydrogens is 220 g/mol. The monoisotopic (exact) mass is 242 g/mol. The molecule has 2 heteroatoms. The summed E-state index contributed by atoms with van der Waals surface area (Å²) in [5.41, 5.74) is 3.22. The molecule has 1 aliphatic heterocycles. The molecule has 2 rings (SSSR count). The molecule has 1 heterocycles. The average molecular weight is 242 g/mol. The van der Waals surface area contributed by atoms with E-state index >= 15 is 0 Å². The molecule has 0 aromatic heterocycles. The van der Waals surface area contributed by atoms with Gasteiger partial charge in [0.05, 0.1) is 11.6 Å². The number of hydrogen-bond donors (Lipinski definition) is 0. The summed E-state index contributed by atoms with van der Waals surface area (Å²) in [7, 11) is 0. The summed E-state index contributed by atoms with van der Waals surface area (Å²) in [6.07, 6.45) is 2.39. The zero-order valence-electron chi connectivity index (χ0n) is 11.6. The standard InChI is InChI=1S/C16H22N2/c1-12(2)18-7-6-15(11-18)8-14-5-4-13(3)16(9-14)10-17/h4-5,9,12,15H,6-8,11H2,1-3H3. The van der Waals surface area contributed by atoms with Gasteiger partial charge in [-0.05, 0) is 63.3 Å². The summed E-state index contributed by atoms with van der Waals surface area (Å²) in [4.78, 5) is 2.55. The van der Waals surface area contributed by atoms with E-state index in [0.29, 0.717) is 6.04 Å². The molecule has 0 N–H and O–H groups in total. The van der Waals surface area contributed by atoms with Gasteiger partial charge in [0, 0.05) is 12.6 Å². The molecule has 1 unspecified atom stereocenters. The molecule has 1 aliphatic rings. The summed E-state index contributed by atoms with van der Waals surface area (Å²) in [6, 6.07) is 9.24. The van der Waals surface area contributed by atoms with Crippen LogP contribution < -0.4 is 0 Å². The second kappa shape index (κ2) is 5.54. The maximum absolute atomic E-state index is 9.06. The summed E-state index contributed by atoms with van der Waals surface area (Å²) in [5, 5.41) is 9.06. The third kappa shape index (κ3) is 2.91. The van der Waals surface area contributed by atoms with Crippen molar-refractivity contribution in [3.05, 3.63) is 34.9 Å². The first-order valence-corrected chi connectivity index (χ1v) is 6.84. The quantitative estimate of drug-likeness (QED) is 0.814. The van der Waals surface area contributed by atoms with Gasteiger partial charge < -0.3 is 4.90 Å². The van der Waals surface area contributed by atoms with E-state index in [4.69, 9.17) is 5.26 Å². The number of nitrogens with zero attached hydrogens (tertiary/aromatic N) is 2. The van der Waals surface area contributed by atoms with Crippen LogP contribution >= 0.6 is 0 Å². The van der Waals surface area contributed by atoms with Crippen molar-refractivity contribution >= 4 is 0 Å². The highest BCUT2D eigenvalue weighted by atomic mass is 15.2. The number of nitriles is 1. The average Bonchev–Trinajstić information content (AvgIpc) is 2.80. The van der Waals surface area contributed by atoms with Gasteiger partial charge in [0.2, 0.25) is 0 Å². The van der Waals surface area contributed by atoms with E-state index in [9.17, 15) is 0 Å². The van der Waals surface area contributed by atoms with Gasteiger partial charge in [0.1, 0.15) is 0 Å². The molecule has 0 bridgehead atoms. The number of hydrogen-bond acceptors (Lipinski definition) is 2. The Bertz CT molecular complexity index is 457. The molecular formula is C16H22N2. The lowest BCUT2D eigenvalue weighted by Gasteiger charge is -2.20. The van der Waals surface area contributed by atoms with Crippen LogP contribution in [-0.4, -0.2) is 24.0 Å². The molecule has 18 heavy (non-hydrogen) atoms. The van der Waals surface area contributed by atoms with Crippen LogP contribution in [0.3, 0.4) is 0 Å². The van der Waals surface area contributed by atoms with Gasteiger partial charge in [-0.2, -0.15) is 5.26 Å². The fraction of sp³-hybridized carbons (Fsp3) is 0.562. The number of likely N-dealkylation sites (tertiary alicyclic amines) is 1. The summed E-state index contributed by atoms with van der Waals surface area (Å²) >= 11 is 0. The van der Waals surface area contributed by atoms with E-state index < -0.39 is 0 Å². The SMILES string of the molecule is Cc1ccc(CC2CCN(C(C)C)C2)cc1C#N. The van der Waals surface area contributed by atoms with Crippen LogP contribution in [0.4, 0.5) is 0 Å². The van der Waals surface area contributed by atoms with Crippen molar-refractivity contribution < 1.29 is 0 Å². The summed E-state index contributed by atoms with van der Waals surface area (Å²) in [5.74, 6) is 0.752. The van der Waals surface area contributed by atoms with Gasteiger partial charge in [-0.1, -0.05) is 12.1 Å². The van der Waals surface area contributed by atoms with Crippen molar-refractivity contribution in [1.29, 1.82) is 5.26 Å². The lowest BCUT2D eigenvalue weighted by molar-refractivity contribution is 0.265. The van der Waals surface area contributed by atoms with Crippen LogP contribution in [0.1, 0.15) is 37.0 Å². The zero-order chi connectivity index (χ0) is 13.1. The Balaban J connectivity index is 2.01. The minimum atomic E-state index is 0.655. The van der Waals surface area contributed by atoms with Gasteiger partial charge in [-0.25, -0.2) is 0 Å². The van der Waals surface area contributed by atoms with E-state index in [2.05, 4.69) is 43.0 Å². The Morgan fingerprint density at radius 2 is 2.22 bits per heavy atom. The van der Waals surface area contributed by atoms with Gasteiger partial charge in [-0.3, -0.25) is 0 Å². The molecule has 1 atom stereocenters. The van der Waals surface area contributed by atoms with Crippen molar-refractivity contribution in [2.45, 2.75) is 39.7 Å². The minimum absolute atomic E-state index is 0.655. The van der Waals surface area contributed by atoms with Crippen molar-refractivity contribution in [2.75, 3.05) is 13.1 Å². The maximum Gasteiger partial charge on any atom is 0.0994 e. The number of benzene rings is 1. The molecule has 1 saturated heterocycles. The number of aryl methyl sites for hydroxylation is 1. The fourth-order valence-corrected chi connectivity index (χ4v) is 2.75. The molecule has 1 fully saturated rings. The van der Waals surface area contributed by atoms with Gasteiger partial charge in [0.25, 0.3) is 0 Å². The Hall–Kier alpha value is -1.33. The minimum Gasteiger partial charge on any atom is -0.301 e. The van der Waals surface area contributed by atoms with Crippen LogP contribution in [-0.2, 0) is 6.42 Å². The molecule has 0 spiro atoms. The Morgan fingerprint density at radius 3 is 2.83 bits per heavy atom. The fourth-order valence-electron chi connectivity index (χ4n) is 2.75. The Kier molecular flexibility index (Phi) is 4.04. The Labute approximate surface area is 110 Å². The number of rotatable bonds is 3. The van der Waals surface area contributed by atoms with Crippen LogP contribution in [0.25, 0.3) is 0 Å². The second-order valence-electron chi connectivity index (χ2n) is 5.71. The topological polar surface area (TPSA) is 27.0 Å². The smallest absolute Gasteiger partial charge is 0.0994 e. The molecule has 1 aromatic carbocycles. The van der Waals surface area contributed by atoms with Crippen LogP contribution in [0.15, 0.2) is 18.2 Å². The third-order valence-corrected chi connectivity index (χ3v) is 3.99. The first-order valence-electron chi connectivity index (χ1n) is 6.84. The van der Waals surface area contributed by atoms with Crippen molar-refractivity contribution in [3.8, 4) is 6.07 Å². The molecule has 0 aliphatic carbocycles. The van der Waals surface area contributed by atoms with Crippen LogP contribution in [0.5, 0.6) is 0 Å². The van der Waals surface area contributed by atoms with Crippen LogP contribution in [0.2, 0.25) is 0 Å². The van der Waals surface area contributed by atoms with Gasteiger partial charge in [-0.15, -0.1) is 0 Å². The lowest BCUT2D eigenvalue weighted by Crippen LogP contribution is -2.28. The first kappa shape index (κ1) is 13.1. The van der Waals surface area contributed by atoms with E-state index in [1.54, 1.807) is 0 Å². The van der Waals surface area contributed by atoms with E-state index in [1.807, 2.05) is 6.92 Å². The van der Waals surface area contributed by atoms with E-state index in [0.717, 1.165) is 23.5 Å². The highest BCUT2D eigenvalue weighted by Gasteiger charge is 2.24. The molecule has 2 nitrogen and oxygen atoms in total. The van der Waals surface area contributed by atoms with Crippen molar-refractivity contribution in [1.82, 2.24) is 4.90 Å². The van der Waals surface area contributed by atoms with E-state index in [1.165, 1.54) is 25.1 Å². The largest absolute Gasteiger partial charge is 0.301 e. The lowest BCUT2D eigenvalue weighted by atomic mass is 9.96. The summed E-state index contributed by atoms with van der Waals surface area (Å²) < 4.78 is 0. The molecule has 0 amide bonds. The normalized spacial score (nSPS) is 20.3. The predicted molar refractivity (Wildman–Crippen MR) is 74.4 cm³/mol.